The molecule has 4 nitrogen and oxygen atoms in total. The first-order valence-electron chi connectivity index (χ1n) is 7.31. The third kappa shape index (κ3) is 3.93. The van der Waals surface area contributed by atoms with Gasteiger partial charge >= 0.3 is 0 Å². The standard InChI is InChI=1S/C18H13BrFNO3S/c1-24-15-7-4-13(19)8-12(15)9-16-17(22)21(18(23)25-16)10-11-2-5-14(20)6-3-11/h2-9H,10H2,1H3. The fraction of sp³-hybridized carbons (Fsp3) is 0.111. The van der Waals surface area contributed by atoms with Crippen molar-refractivity contribution in [3.63, 3.8) is 0 Å². The number of halogens is 2. The first-order valence-corrected chi connectivity index (χ1v) is 8.92. The number of hydrogen-bond acceptors (Lipinski definition) is 4. The molecule has 0 aromatic heterocycles. The summed E-state index contributed by atoms with van der Waals surface area (Å²) in [7, 11) is 1.54. The average Bonchev–Trinajstić information content (AvgIpc) is 2.84. The van der Waals surface area contributed by atoms with Gasteiger partial charge in [-0.05, 0) is 53.7 Å². The lowest BCUT2D eigenvalue weighted by Gasteiger charge is -2.12. The molecular weight excluding hydrogens is 409 g/mol. The Morgan fingerprint density at radius 1 is 1.20 bits per heavy atom. The van der Waals surface area contributed by atoms with Gasteiger partial charge in [-0.15, -0.1) is 0 Å². The molecule has 0 saturated carbocycles. The van der Waals surface area contributed by atoms with Gasteiger partial charge in [-0.1, -0.05) is 28.1 Å². The van der Waals surface area contributed by atoms with Crippen molar-refractivity contribution >= 4 is 44.9 Å². The van der Waals surface area contributed by atoms with Crippen molar-refractivity contribution in [1.82, 2.24) is 4.90 Å². The highest BCUT2D eigenvalue weighted by molar-refractivity contribution is 9.10. The summed E-state index contributed by atoms with van der Waals surface area (Å²) in [5, 5.41) is -0.352. The van der Waals surface area contributed by atoms with Crippen LogP contribution in [0.4, 0.5) is 9.18 Å². The fourth-order valence-corrected chi connectivity index (χ4v) is 3.58. The van der Waals surface area contributed by atoms with E-state index >= 15 is 0 Å². The molecule has 0 N–H and O–H groups in total. The van der Waals surface area contributed by atoms with Gasteiger partial charge in [0.05, 0.1) is 18.6 Å². The summed E-state index contributed by atoms with van der Waals surface area (Å²) in [6.07, 6.45) is 1.64. The van der Waals surface area contributed by atoms with E-state index in [1.165, 1.54) is 12.1 Å². The molecule has 1 aliphatic rings. The lowest BCUT2D eigenvalue weighted by molar-refractivity contribution is -0.123. The zero-order valence-corrected chi connectivity index (χ0v) is 15.6. The van der Waals surface area contributed by atoms with Crippen molar-refractivity contribution in [2.45, 2.75) is 6.54 Å². The van der Waals surface area contributed by atoms with E-state index in [9.17, 15) is 14.0 Å². The summed E-state index contributed by atoms with van der Waals surface area (Å²) in [4.78, 5) is 26.2. The van der Waals surface area contributed by atoms with Crippen molar-refractivity contribution in [1.29, 1.82) is 0 Å². The van der Waals surface area contributed by atoms with Gasteiger partial charge in [-0.3, -0.25) is 14.5 Å². The largest absolute Gasteiger partial charge is 0.496 e. The summed E-state index contributed by atoms with van der Waals surface area (Å²) < 4.78 is 19.1. The molecule has 25 heavy (non-hydrogen) atoms. The van der Waals surface area contributed by atoms with Gasteiger partial charge < -0.3 is 4.74 Å². The lowest BCUT2D eigenvalue weighted by atomic mass is 10.1. The van der Waals surface area contributed by atoms with Crippen LogP contribution in [0, 0.1) is 5.82 Å². The van der Waals surface area contributed by atoms with Gasteiger partial charge in [-0.25, -0.2) is 4.39 Å². The Balaban J connectivity index is 1.86. The predicted octanol–water partition coefficient (Wildman–Crippen LogP) is 4.83. The number of nitrogens with zero attached hydrogens (tertiary/aromatic N) is 1. The summed E-state index contributed by atoms with van der Waals surface area (Å²) >= 11 is 4.26. The van der Waals surface area contributed by atoms with Gasteiger partial charge in [0.1, 0.15) is 11.6 Å². The normalized spacial score (nSPS) is 16.0. The molecular formula is C18H13BrFNO3S. The summed E-state index contributed by atoms with van der Waals surface area (Å²) in [6, 6.07) is 11.1. The Labute approximate surface area is 156 Å². The van der Waals surface area contributed by atoms with Crippen molar-refractivity contribution in [2.24, 2.45) is 0 Å². The second kappa shape index (κ2) is 7.41. The van der Waals surface area contributed by atoms with Gasteiger partial charge in [0.2, 0.25) is 0 Å². The molecule has 1 aliphatic heterocycles. The number of carbonyl (C=O) groups is 2. The molecule has 0 radical (unpaired) electrons. The smallest absolute Gasteiger partial charge is 0.293 e. The van der Waals surface area contributed by atoms with Crippen LogP contribution in [0.25, 0.3) is 6.08 Å². The Bertz CT molecular complexity index is 867. The summed E-state index contributed by atoms with van der Waals surface area (Å²) in [5.41, 5.74) is 1.38. The zero-order valence-electron chi connectivity index (χ0n) is 13.2. The quantitative estimate of drug-likeness (QED) is 0.663. The maximum atomic E-state index is 13.0. The van der Waals surface area contributed by atoms with E-state index in [1.807, 2.05) is 12.1 Å². The molecule has 2 aromatic carbocycles. The Morgan fingerprint density at radius 2 is 1.92 bits per heavy atom. The molecule has 2 amide bonds. The van der Waals surface area contributed by atoms with Gasteiger partial charge in [0.25, 0.3) is 11.1 Å². The third-order valence-electron chi connectivity index (χ3n) is 3.61. The van der Waals surface area contributed by atoms with Crippen molar-refractivity contribution < 1.29 is 18.7 Å². The Hall–Kier alpha value is -2.12. The molecule has 128 valence electrons. The number of hydrogen-bond donors (Lipinski definition) is 0. The lowest BCUT2D eigenvalue weighted by Crippen LogP contribution is -2.27. The number of imide groups is 1. The molecule has 3 rings (SSSR count). The molecule has 7 heteroatoms. The Kier molecular flexibility index (Phi) is 5.24. The van der Waals surface area contributed by atoms with Crippen LogP contribution in [0.15, 0.2) is 51.8 Å². The first-order chi connectivity index (χ1) is 12.0. The summed E-state index contributed by atoms with van der Waals surface area (Å²) in [6.45, 7) is 0.109. The monoisotopic (exact) mass is 421 g/mol. The zero-order chi connectivity index (χ0) is 18.0. The van der Waals surface area contributed by atoms with Crippen LogP contribution >= 0.6 is 27.7 Å². The second-order valence-corrected chi connectivity index (χ2v) is 7.19. The highest BCUT2D eigenvalue weighted by Gasteiger charge is 2.35. The number of carbonyl (C=O) groups excluding carboxylic acids is 2. The minimum atomic E-state index is -0.374. The van der Waals surface area contributed by atoms with E-state index < -0.39 is 0 Å². The van der Waals surface area contributed by atoms with E-state index in [0.717, 1.165) is 21.1 Å². The van der Waals surface area contributed by atoms with Crippen LogP contribution < -0.4 is 4.74 Å². The molecule has 1 heterocycles. The van der Waals surface area contributed by atoms with E-state index in [4.69, 9.17) is 4.74 Å². The number of rotatable bonds is 4. The minimum absolute atomic E-state index is 0.109. The van der Waals surface area contributed by atoms with Gasteiger partial charge in [-0.2, -0.15) is 0 Å². The first kappa shape index (κ1) is 17.7. The SMILES string of the molecule is COc1ccc(Br)cc1C=C1SC(=O)N(Cc2ccc(F)cc2)C1=O. The summed E-state index contributed by atoms with van der Waals surface area (Å²) in [5.74, 6) is -0.130. The number of thioether (sulfide) groups is 1. The van der Waals surface area contributed by atoms with Gasteiger partial charge in [0.15, 0.2) is 0 Å². The molecule has 0 bridgehead atoms. The van der Waals surface area contributed by atoms with Crippen molar-refractivity contribution in [3.05, 3.63) is 68.8 Å². The topological polar surface area (TPSA) is 46.6 Å². The number of benzene rings is 2. The van der Waals surface area contributed by atoms with Crippen LogP contribution in [-0.2, 0) is 11.3 Å². The van der Waals surface area contributed by atoms with Crippen LogP contribution in [0.5, 0.6) is 5.75 Å². The second-order valence-electron chi connectivity index (χ2n) is 5.28. The number of amides is 2. The Morgan fingerprint density at radius 3 is 2.60 bits per heavy atom. The highest BCUT2D eigenvalue weighted by atomic mass is 79.9. The maximum absolute atomic E-state index is 13.0. The molecule has 2 aromatic rings. The van der Waals surface area contributed by atoms with Crippen LogP contribution in [-0.4, -0.2) is 23.2 Å². The van der Waals surface area contributed by atoms with Gasteiger partial charge in [0, 0.05) is 10.0 Å². The van der Waals surface area contributed by atoms with Crippen LogP contribution in [0.2, 0.25) is 0 Å². The predicted molar refractivity (Wildman–Crippen MR) is 98.6 cm³/mol. The highest BCUT2D eigenvalue weighted by Crippen LogP contribution is 2.35. The van der Waals surface area contributed by atoms with E-state index in [2.05, 4.69) is 15.9 Å². The van der Waals surface area contributed by atoms with Crippen molar-refractivity contribution in [3.8, 4) is 5.75 Å². The van der Waals surface area contributed by atoms with Crippen LogP contribution in [0.1, 0.15) is 11.1 Å². The fourth-order valence-electron chi connectivity index (χ4n) is 2.37. The molecule has 0 atom stereocenters. The average molecular weight is 422 g/mol. The minimum Gasteiger partial charge on any atom is -0.496 e. The molecule has 0 aliphatic carbocycles. The molecule has 1 fully saturated rings. The van der Waals surface area contributed by atoms with Crippen molar-refractivity contribution in [2.75, 3.05) is 7.11 Å². The molecule has 0 unspecified atom stereocenters. The van der Waals surface area contributed by atoms with Crippen LogP contribution in [0.3, 0.4) is 0 Å². The molecule has 0 spiro atoms. The maximum Gasteiger partial charge on any atom is 0.293 e. The van der Waals surface area contributed by atoms with E-state index in [0.29, 0.717) is 21.8 Å². The molecule has 1 saturated heterocycles. The van der Waals surface area contributed by atoms with E-state index in [1.54, 1.807) is 31.4 Å². The number of methoxy groups -OCH3 is 1. The number of ether oxygens (including phenoxy) is 1. The third-order valence-corrected chi connectivity index (χ3v) is 5.01. The van der Waals surface area contributed by atoms with E-state index in [-0.39, 0.29) is 23.5 Å².